The fourth-order valence-electron chi connectivity index (χ4n) is 4.98. The van der Waals surface area contributed by atoms with Crippen molar-refractivity contribution in [3.63, 3.8) is 0 Å². The zero-order valence-electron chi connectivity index (χ0n) is 20.9. The monoisotopic (exact) mass is 521 g/mol. The Morgan fingerprint density at radius 3 is 2.29 bits per heavy atom. The van der Waals surface area contributed by atoms with Gasteiger partial charge in [0.15, 0.2) is 0 Å². The van der Waals surface area contributed by atoms with Crippen molar-refractivity contribution in [2.45, 2.75) is 31.2 Å². The standard InChI is InChI=1S/C28H28FN3O6/c1-36-22-10-6-19(7-11-22)26(34)31-14-12-28(13-15-31)32(27(35)20-4-8-21(29)9-5-20)24(18-38-28)25(33)30-17-23-3-2-16-37-23/h2-11,16,24H,12-15,17-18H2,1H3,(H,30,33)/t24-/m1/s1. The van der Waals surface area contributed by atoms with Crippen molar-refractivity contribution >= 4 is 17.7 Å². The summed E-state index contributed by atoms with van der Waals surface area (Å²) in [6.07, 6.45) is 2.16. The molecule has 2 aliphatic heterocycles. The van der Waals surface area contributed by atoms with Crippen LogP contribution in [0.15, 0.2) is 71.3 Å². The average Bonchev–Trinajstić information content (AvgIpc) is 3.60. The lowest BCUT2D eigenvalue weighted by molar-refractivity contribution is -0.128. The van der Waals surface area contributed by atoms with Crippen LogP contribution in [0.3, 0.4) is 0 Å². The summed E-state index contributed by atoms with van der Waals surface area (Å²) in [5.74, 6) is -0.184. The molecular formula is C28H28FN3O6. The summed E-state index contributed by atoms with van der Waals surface area (Å²) in [5, 5.41) is 2.81. The van der Waals surface area contributed by atoms with E-state index in [2.05, 4.69) is 5.32 Å². The first-order valence-corrected chi connectivity index (χ1v) is 12.4. The largest absolute Gasteiger partial charge is 0.497 e. The predicted octanol–water partition coefficient (Wildman–Crippen LogP) is 3.22. The highest BCUT2D eigenvalue weighted by molar-refractivity contribution is 5.98. The second kappa shape index (κ2) is 10.7. The minimum atomic E-state index is -1.07. The number of hydrogen-bond donors (Lipinski definition) is 1. The second-order valence-corrected chi connectivity index (χ2v) is 9.27. The molecule has 0 bridgehead atoms. The molecule has 1 atom stereocenters. The molecule has 5 rings (SSSR count). The van der Waals surface area contributed by atoms with Gasteiger partial charge in [0, 0.05) is 37.1 Å². The SMILES string of the molecule is COc1ccc(C(=O)N2CCC3(CC2)OC[C@H](C(=O)NCc2ccco2)N3C(=O)c2ccc(F)cc2)cc1. The fraction of sp³-hybridized carbons (Fsp3) is 0.321. The molecule has 0 aliphatic carbocycles. The highest BCUT2D eigenvalue weighted by atomic mass is 19.1. The highest BCUT2D eigenvalue weighted by Gasteiger charge is 2.54. The van der Waals surface area contributed by atoms with Crippen LogP contribution >= 0.6 is 0 Å². The van der Waals surface area contributed by atoms with E-state index in [4.69, 9.17) is 13.9 Å². The van der Waals surface area contributed by atoms with E-state index in [-0.39, 0.29) is 30.5 Å². The Kier molecular flexibility index (Phi) is 7.15. The zero-order chi connectivity index (χ0) is 26.7. The number of ether oxygens (including phenoxy) is 2. The van der Waals surface area contributed by atoms with Crippen LogP contribution in [0.1, 0.15) is 39.3 Å². The summed E-state index contributed by atoms with van der Waals surface area (Å²) >= 11 is 0. The molecule has 1 N–H and O–H groups in total. The molecule has 38 heavy (non-hydrogen) atoms. The lowest BCUT2D eigenvalue weighted by atomic mass is 9.96. The van der Waals surface area contributed by atoms with Gasteiger partial charge in [0.2, 0.25) is 5.91 Å². The van der Waals surface area contributed by atoms with Gasteiger partial charge >= 0.3 is 0 Å². The summed E-state index contributed by atoms with van der Waals surface area (Å²) in [4.78, 5) is 43.2. The summed E-state index contributed by atoms with van der Waals surface area (Å²) in [5.41, 5.74) is -0.296. The number of furan rings is 1. The van der Waals surface area contributed by atoms with Gasteiger partial charge in [-0.05, 0) is 60.7 Å². The fourth-order valence-corrected chi connectivity index (χ4v) is 4.98. The number of likely N-dealkylation sites (tertiary alicyclic amines) is 1. The Balaban J connectivity index is 1.35. The summed E-state index contributed by atoms with van der Waals surface area (Å²) < 4.78 is 30.2. The normalized spacial score (nSPS) is 18.4. The van der Waals surface area contributed by atoms with E-state index in [0.29, 0.717) is 43.0 Å². The lowest BCUT2D eigenvalue weighted by Crippen LogP contribution is -2.59. The number of rotatable bonds is 6. The molecule has 2 saturated heterocycles. The van der Waals surface area contributed by atoms with Crippen molar-refractivity contribution < 1.29 is 32.7 Å². The first kappa shape index (κ1) is 25.5. The number of nitrogens with zero attached hydrogens (tertiary/aromatic N) is 2. The van der Waals surface area contributed by atoms with Crippen LogP contribution in [0, 0.1) is 5.82 Å². The molecule has 3 amide bonds. The molecule has 1 aromatic heterocycles. The Morgan fingerprint density at radius 2 is 1.66 bits per heavy atom. The van der Waals surface area contributed by atoms with Gasteiger partial charge in [-0.1, -0.05) is 0 Å². The van der Waals surface area contributed by atoms with Gasteiger partial charge < -0.3 is 24.1 Å². The first-order valence-electron chi connectivity index (χ1n) is 12.4. The topological polar surface area (TPSA) is 101 Å². The molecule has 0 unspecified atom stereocenters. The Morgan fingerprint density at radius 1 is 1.00 bits per heavy atom. The van der Waals surface area contributed by atoms with Crippen LogP contribution in [0.2, 0.25) is 0 Å². The van der Waals surface area contributed by atoms with E-state index < -0.39 is 23.5 Å². The van der Waals surface area contributed by atoms with Crippen molar-refractivity contribution in [2.24, 2.45) is 0 Å². The van der Waals surface area contributed by atoms with Crippen LogP contribution in [0.25, 0.3) is 0 Å². The molecule has 198 valence electrons. The molecule has 3 heterocycles. The lowest BCUT2D eigenvalue weighted by Gasteiger charge is -2.44. The first-order chi connectivity index (χ1) is 18.4. The van der Waals surface area contributed by atoms with Gasteiger partial charge in [-0.15, -0.1) is 0 Å². The van der Waals surface area contributed by atoms with Crippen LogP contribution in [0.4, 0.5) is 4.39 Å². The number of methoxy groups -OCH3 is 1. The van der Waals surface area contributed by atoms with E-state index >= 15 is 0 Å². The third kappa shape index (κ3) is 4.99. The number of amides is 3. The zero-order valence-corrected chi connectivity index (χ0v) is 20.9. The highest BCUT2D eigenvalue weighted by Crippen LogP contribution is 2.39. The van der Waals surface area contributed by atoms with Crippen LogP contribution in [-0.4, -0.2) is 66.1 Å². The predicted molar refractivity (Wildman–Crippen MR) is 134 cm³/mol. The molecule has 9 nitrogen and oxygen atoms in total. The Labute approximate surface area is 219 Å². The van der Waals surface area contributed by atoms with Crippen molar-refractivity contribution in [2.75, 3.05) is 26.8 Å². The summed E-state index contributed by atoms with van der Waals surface area (Å²) in [7, 11) is 1.56. The van der Waals surface area contributed by atoms with Crippen LogP contribution < -0.4 is 10.1 Å². The summed E-state index contributed by atoms with van der Waals surface area (Å²) in [6.45, 7) is 0.832. The van der Waals surface area contributed by atoms with Gasteiger partial charge in [-0.3, -0.25) is 19.3 Å². The molecule has 1 spiro atoms. The van der Waals surface area contributed by atoms with Crippen molar-refractivity contribution in [1.82, 2.24) is 15.1 Å². The van der Waals surface area contributed by atoms with Gasteiger partial charge in [-0.2, -0.15) is 0 Å². The van der Waals surface area contributed by atoms with Gasteiger partial charge in [0.1, 0.15) is 29.1 Å². The summed E-state index contributed by atoms with van der Waals surface area (Å²) in [6, 6.07) is 14.6. The molecule has 2 aromatic carbocycles. The molecule has 0 saturated carbocycles. The maximum absolute atomic E-state index is 13.7. The van der Waals surface area contributed by atoms with Gasteiger partial charge in [0.25, 0.3) is 11.8 Å². The molecule has 2 fully saturated rings. The maximum Gasteiger partial charge on any atom is 0.256 e. The van der Waals surface area contributed by atoms with E-state index in [1.54, 1.807) is 48.4 Å². The number of hydrogen-bond acceptors (Lipinski definition) is 6. The Bertz CT molecular complexity index is 1290. The molecule has 0 radical (unpaired) electrons. The number of piperidine rings is 1. The minimum absolute atomic E-state index is 0.00332. The van der Waals surface area contributed by atoms with E-state index in [9.17, 15) is 18.8 Å². The van der Waals surface area contributed by atoms with E-state index in [0.717, 1.165) is 0 Å². The van der Waals surface area contributed by atoms with Crippen LogP contribution in [-0.2, 0) is 16.1 Å². The second-order valence-electron chi connectivity index (χ2n) is 9.27. The molecule has 3 aromatic rings. The number of benzene rings is 2. The van der Waals surface area contributed by atoms with Gasteiger partial charge in [-0.25, -0.2) is 4.39 Å². The third-order valence-electron chi connectivity index (χ3n) is 7.06. The minimum Gasteiger partial charge on any atom is -0.497 e. The molecule has 2 aliphatic rings. The van der Waals surface area contributed by atoms with Crippen molar-refractivity contribution in [3.05, 3.63) is 89.6 Å². The maximum atomic E-state index is 13.7. The Hall–Kier alpha value is -4.18. The van der Waals surface area contributed by atoms with E-state index in [1.165, 1.54) is 35.4 Å². The molecule has 10 heteroatoms. The third-order valence-corrected chi connectivity index (χ3v) is 7.06. The quantitative estimate of drug-likeness (QED) is 0.535. The van der Waals surface area contributed by atoms with Crippen LogP contribution in [0.5, 0.6) is 5.75 Å². The number of carbonyl (C=O) groups excluding carboxylic acids is 3. The smallest absolute Gasteiger partial charge is 0.256 e. The number of halogens is 1. The van der Waals surface area contributed by atoms with Gasteiger partial charge in [0.05, 0.1) is 26.5 Å². The van der Waals surface area contributed by atoms with E-state index in [1.807, 2.05) is 0 Å². The molecular weight excluding hydrogens is 493 g/mol. The average molecular weight is 522 g/mol. The van der Waals surface area contributed by atoms with Crippen molar-refractivity contribution in [3.8, 4) is 5.75 Å². The number of nitrogens with one attached hydrogen (secondary N) is 1. The number of carbonyl (C=O) groups is 3. The van der Waals surface area contributed by atoms with Crippen molar-refractivity contribution in [1.29, 1.82) is 0 Å².